The number of H-pyrrole nitrogens is 1. The molecule has 0 aliphatic heterocycles. The Hall–Kier alpha value is -1.73. The first kappa shape index (κ1) is 17.6. The molecule has 0 aliphatic rings. The van der Waals surface area contributed by atoms with E-state index < -0.39 is 0 Å². The molecular weight excluding hydrogens is 330 g/mol. The molecule has 0 bridgehead atoms. The monoisotopic (exact) mass is 349 g/mol. The molecule has 2 rings (SSSR count). The number of thioether (sulfide) groups is 2. The fourth-order valence-corrected chi connectivity index (χ4v) is 3.28. The maximum atomic E-state index is 11.9. The Bertz CT molecular complexity index is 689. The Morgan fingerprint density at radius 3 is 2.83 bits per heavy atom. The van der Waals surface area contributed by atoms with E-state index in [0.717, 1.165) is 23.6 Å². The largest absolute Gasteiger partial charge is 0.325 e. The van der Waals surface area contributed by atoms with Crippen molar-refractivity contribution in [3.63, 3.8) is 0 Å². The van der Waals surface area contributed by atoms with Crippen LogP contribution in [0.25, 0.3) is 0 Å². The molecule has 2 N–H and O–H groups in total. The molecule has 122 valence electrons. The molecule has 1 aromatic heterocycles. The van der Waals surface area contributed by atoms with Crippen LogP contribution in [0.2, 0.25) is 0 Å². The van der Waals surface area contributed by atoms with Crippen LogP contribution in [0, 0.1) is 0 Å². The maximum Gasteiger partial charge on any atom is 0.251 e. The lowest BCUT2D eigenvalue weighted by Crippen LogP contribution is -2.15. The van der Waals surface area contributed by atoms with Crippen LogP contribution in [-0.4, -0.2) is 27.4 Å². The molecule has 5 nitrogen and oxygen atoms in total. The molecule has 2 aromatic rings. The van der Waals surface area contributed by atoms with Gasteiger partial charge in [-0.3, -0.25) is 9.59 Å². The van der Waals surface area contributed by atoms with Crippen molar-refractivity contribution in [3.8, 4) is 0 Å². The highest BCUT2D eigenvalue weighted by atomic mass is 32.2. The number of hydrogen-bond donors (Lipinski definition) is 2. The summed E-state index contributed by atoms with van der Waals surface area (Å²) in [5.41, 5.74) is 1.32. The van der Waals surface area contributed by atoms with Crippen molar-refractivity contribution in [2.45, 2.75) is 24.3 Å². The first-order valence-electron chi connectivity index (χ1n) is 7.33. The van der Waals surface area contributed by atoms with Crippen molar-refractivity contribution >= 4 is 35.1 Å². The number of para-hydroxylation sites is 1. The Morgan fingerprint density at radius 2 is 2.09 bits per heavy atom. The predicted molar refractivity (Wildman–Crippen MR) is 97.1 cm³/mol. The summed E-state index contributed by atoms with van der Waals surface area (Å²) in [6, 6.07) is 10.8. The van der Waals surface area contributed by atoms with Gasteiger partial charge in [-0.25, -0.2) is 4.98 Å². The van der Waals surface area contributed by atoms with Gasteiger partial charge in [0.1, 0.15) is 0 Å². The third-order valence-corrected chi connectivity index (χ3v) is 4.84. The fraction of sp³-hybridized carbons (Fsp3) is 0.312. The summed E-state index contributed by atoms with van der Waals surface area (Å²) in [6.45, 7) is 2.12. The SMILES string of the molecule is CCCSCc1cc(=O)[nH]c(SCC(=O)Nc2ccccc2)n1. The number of aromatic amines is 1. The molecule has 1 amide bonds. The third-order valence-electron chi connectivity index (χ3n) is 2.77. The van der Waals surface area contributed by atoms with Crippen molar-refractivity contribution in [3.05, 3.63) is 52.4 Å². The average Bonchev–Trinajstić information content (AvgIpc) is 2.54. The van der Waals surface area contributed by atoms with E-state index in [0.29, 0.717) is 10.9 Å². The summed E-state index contributed by atoms with van der Waals surface area (Å²) in [4.78, 5) is 30.6. The fourth-order valence-electron chi connectivity index (χ4n) is 1.80. The molecule has 0 saturated carbocycles. The Morgan fingerprint density at radius 1 is 1.30 bits per heavy atom. The van der Waals surface area contributed by atoms with Crippen molar-refractivity contribution in [1.29, 1.82) is 0 Å². The van der Waals surface area contributed by atoms with Gasteiger partial charge in [0.2, 0.25) is 5.91 Å². The number of nitrogens with zero attached hydrogens (tertiary/aromatic N) is 1. The Kier molecular flexibility index (Phi) is 7.22. The standard InChI is InChI=1S/C16H19N3O2S2/c1-2-8-22-10-13-9-14(20)19-16(18-13)23-11-15(21)17-12-6-4-3-5-7-12/h3-7,9H,2,8,10-11H2,1H3,(H,17,21)(H,18,19,20). The van der Waals surface area contributed by atoms with Crippen LogP contribution >= 0.6 is 23.5 Å². The van der Waals surface area contributed by atoms with Crippen molar-refractivity contribution < 1.29 is 4.79 Å². The zero-order chi connectivity index (χ0) is 16.5. The zero-order valence-corrected chi connectivity index (χ0v) is 14.5. The van der Waals surface area contributed by atoms with Gasteiger partial charge in [-0.05, 0) is 24.3 Å². The van der Waals surface area contributed by atoms with Crippen molar-refractivity contribution in [1.82, 2.24) is 9.97 Å². The first-order chi connectivity index (χ1) is 11.2. The smallest absolute Gasteiger partial charge is 0.251 e. The highest BCUT2D eigenvalue weighted by Crippen LogP contribution is 2.15. The van der Waals surface area contributed by atoms with Gasteiger partial charge in [-0.15, -0.1) is 0 Å². The molecule has 0 fully saturated rings. The first-order valence-corrected chi connectivity index (χ1v) is 9.47. The number of anilines is 1. The number of rotatable bonds is 8. The number of hydrogen-bond acceptors (Lipinski definition) is 5. The van der Waals surface area contributed by atoms with Crippen LogP contribution in [0.4, 0.5) is 5.69 Å². The van der Waals surface area contributed by atoms with Gasteiger partial charge in [0.25, 0.3) is 5.56 Å². The van der Waals surface area contributed by atoms with E-state index in [1.165, 1.54) is 17.8 Å². The lowest BCUT2D eigenvalue weighted by atomic mass is 10.3. The van der Waals surface area contributed by atoms with E-state index in [4.69, 9.17) is 0 Å². The van der Waals surface area contributed by atoms with Crippen LogP contribution in [0.5, 0.6) is 0 Å². The lowest BCUT2D eigenvalue weighted by Gasteiger charge is -2.05. The van der Waals surface area contributed by atoms with Crippen molar-refractivity contribution in [2.75, 3.05) is 16.8 Å². The van der Waals surface area contributed by atoms with E-state index in [9.17, 15) is 9.59 Å². The molecule has 0 spiro atoms. The summed E-state index contributed by atoms with van der Waals surface area (Å²) in [5, 5.41) is 3.28. The summed E-state index contributed by atoms with van der Waals surface area (Å²) >= 11 is 2.97. The minimum atomic E-state index is -0.182. The number of amides is 1. The van der Waals surface area contributed by atoms with E-state index in [2.05, 4.69) is 22.2 Å². The highest BCUT2D eigenvalue weighted by molar-refractivity contribution is 7.99. The molecule has 1 heterocycles. The summed E-state index contributed by atoms with van der Waals surface area (Å²) in [6.07, 6.45) is 1.09. The molecule has 23 heavy (non-hydrogen) atoms. The normalized spacial score (nSPS) is 10.5. The van der Waals surface area contributed by atoms with E-state index in [1.54, 1.807) is 11.8 Å². The van der Waals surface area contributed by atoms with Crippen LogP contribution in [0.1, 0.15) is 19.0 Å². The van der Waals surface area contributed by atoms with E-state index in [1.807, 2.05) is 30.3 Å². The van der Waals surface area contributed by atoms with Gasteiger partial charge in [-0.2, -0.15) is 11.8 Å². The number of carbonyl (C=O) groups is 1. The molecule has 0 saturated heterocycles. The second kappa shape index (κ2) is 9.42. The zero-order valence-electron chi connectivity index (χ0n) is 12.9. The van der Waals surface area contributed by atoms with Gasteiger partial charge >= 0.3 is 0 Å². The third kappa shape index (κ3) is 6.50. The minimum Gasteiger partial charge on any atom is -0.325 e. The summed E-state index contributed by atoms with van der Waals surface area (Å²) in [5.74, 6) is 1.82. The van der Waals surface area contributed by atoms with Crippen LogP contribution in [0.15, 0.2) is 46.3 Å². The molecule has 7 heteroatoms. The van der Waals surface area contributed by atoms with Gasteiger partial charge in [0, 0.05) is 17.5 Å². The molecule has 0 radical (unpaired) electrons. The van der Waals surface area contributed by atoms with Crippen LogP contribution in [0.3, 0.4) is 0 Å². The maximum absolute atomic E-state index is 11.9. The molecule has 0 unspecified atom stereocenters. The predicted octanol–water partition coefficient (Wildman–Crippen LogP) is 3.14. The highest BCUT2D eigenvalue weighted by Gasteiger charge is 2.07. The molecule has 0 aliphatic carbocycles. The number of nitrogens with one attached hydrogen (secondary N) is 2. The number of benzene rings is 1. The van der Waals surface area contributed by atoms with Crippen molar-refractivity contribution in [2.24, 2.45) is 0 Å². The van der Waals surface area contributed by atoms with Gasteiger partial charge in [-0.1, -0.05) is 36.9 Å². The Labute approximate surface area is 143 Å². The van der Waals surface area contributed by atoms with Crippen LogP contribution < -0.4 is 10.9 Å². The van der Waals surface area contributed by atoms with Gasteiger partial charge < -0.3 is 10.3 Å². The molecule has 0 atom stereocenters. The summed E-state index contributed by atoms with van der Waals surface area (Å²) in [7, 11) is 0. The van der Waals surface area contributed by atoms with Crippen LogP contribution in [-0.2, 0) is 10.5 Å². The Balaban J connectivity index is 1.89. The number of carbonyl (C=O) groups excluding carboxylic acids is 1. The topological polar surface area (TPSA) is 74.8 Å². The lowest BCUT2D eigenvalue weighted by molar-refractivity contribution is -0.113. The number of aromatic nitrogens is 2. The van der Waals surface area contributed by atoms with Gasteiger partial charge in [0.05, 0.1) is 11.4 Å². The summed E-state index contributed by atoms with van der Waals surface area (Å²) < 4.78 is 0. The quantitative estimate of drug-likeness (QED) is 0.435. The second-order valence-corrected chi connectivity index (χ2v) is 6.87. The minimum absolute atomic E-state index is 0.130. The molecular formula is C16H19N3O2S2. The molecule has 1 aromatic carbocycles. The van der Waals surface area contributed by atoms with E-state index in [-0.39, 0.29) is 17.2 Å². The second-order valence-electron chi connectivity index (χ2n) is 4.80. The van der Waals surface area contributed by atoms with E-state index >= 15 is 0 Å². The average molecular weight is 349 g/mol. The van der Waals surface area contributed by atoms with Gasteiger partial charge in [0.15, 0.2) is 5.16 Å².